The van der Waals surface area contributed by atoms with Crippen LogP contribution in [0.3, 0.4) is 0 Å². The molecule has 1 aromatic heterocycles. The molecule has 1 heterocycles. The predicted octanol–water partition coefficient (Wildman–Crippen LogP) is 1.15. The molecule has 2 N–H and O–H groups in total. The van der Waals surface area contributed by atoms with E-state index in [2.05, 4.69) is 10.3 Å². The van der Waals surface area contributed by atoms with Gasteiger partial charge >= 0.3 is 0 Å². The van der Waals surface area contributed by atoms with Gasteiger partial charge in [0, 0.05) is 38.2 Å². The van der Waals surface area contributed by atoms with Crippen LogP contribution >= 0.6 is 0 Å². The molecule has 5 nitrogen and oxygen atoms in total. The van der Waals surface area contributed by atoms with Crippen molar-refractivity contribution < 1.29 is 9.84 Å². The molecule has 5 heteroatoms. The van der Waals surface area contributed by atoms with E-state index in [-0.39, 0.29) is 0 Å². The van der Waals surface area contributed by atoms with Crippen LogP contribution in [0.15, 0.2) is 42.7 Å². The molecule has 0 amide bonds. The first-order valence-electron chi connectivity index (χ1n) is 6.75. The summed E-state index contributed by atoms with van der Waals surface area (Å²) in [6.07, 6.45) is 3.19. The number of imidazole rings is 1. The standard InChI is InChI=1S/C15H21N3O2/c1-20-10-8-16-11-14(19)12-18-9-7-17-15(18)13-5-3-2-4-6-13/h2-7,9,14,16,19H,8,10-12H2,1H3. The molecule has 1 unspecified atom stereocenters. The van der Waals surface area contributed by atoms with E-state index in [9.17, 15) is 5.11 Å². The van der Waals surface area contributed by atoms with Crippen molar-refractivity contribution in [3.8, 4) is 11.4 Å². The smallest absolute Gasteiger partial charge is 0.139 e. The first-order chi connectivity index (χ1) is 9.81. The molecule has 0 bridgehead atoms. The topological polar surface area (TPSA) is 59.3 Å². The van der Waals surface area contributed by atoms with E-state index in [1.165, 1.54) is 0 Å². The number of nitrogens with one attached hydrogen (secondary N) is 1. The molecule has 0 spiro atoms. The van der Waals surface area contributed by atoms with Gasteiger partial charge in [0.25, 0.3) is 0 Å². The molecule has 0 aliphatic heterocycles. The van der Waals surface area contributed by atoms with Crippen molar-refractivity contribution in [2.24, 2.45) is 0 Å². The Kier molecular flexibility index (Phi) is 5.73. The Bertz CT molecular complexity index is 499. The highest BCUT2D eigenvalue weighted by molar-refractivity contribution is 5.55. The predicted molar refractivity (Wildman–Crippen MR) is 78.4 cm³/mol. The second-order valence-electron chi connectivity index (χ2n) is 4.62. The van der Waals surface area contributed by atoms with Crippen LogP contribution in [0.2, 0.25) is 0 Å². The Morgan fingerprint density at radius 2 is 2.15 bits per heavy atom. The van der Waals surface area contributed by atoms with Gasteiger partial charge in [0.15, 0.2) is 0 Å². The van der Waals surface area contributed by atoms with Gasteiger partial charge in [0.1, 0.15) is 5.82 Å². The van der Waals surface area contributed by atoms with Crippen molar-refractivity contribution in [2.75, 3.05) is 26.8 Å². The van der Waals surface area contributed by atoms with Crippen LogP contribution in [-0.4, -0.2) is 47.6 Å². The van der Waals surface area contributed by atoms with Crippen LogP contribution in [0, 0.1) is 0 Å². The van der Waals surface area contributed by atoms with E-state index in [1.807, 2.05) is 41.1 Å². The number of hydrogen-bond donors (Lipinski definition) is 2. The van der Waals surface area contributed by atoms with Gasteiger partial charge in [0.2, 0.25) is 0 Å². The monoisotopic (exact) mass is 275 g/mol. The molecular formula is C15H21N3O2. The molecule has 0 saturated carbocycles. The second kappa shape index (κ2) is 7.79. The average molecular weight is 275 g/mol. The van der Waals surface area contributed by atoms with E-state index in [0.29, 0.717) is 19.7 Å². The third-order valence-electron chi connectivity index (χ3n) is 3.02. The lowest BCUT2D eigenvalue weighted by Crippen LogP contribution is -2.32. The normalized spacial score (nSPS) is 12.5. The summed E-state index contributed by atoms with van der Waals surface area (Å²) in [6.45, 7) is 2.44. The van der Waals surface area contributed by atoms with Gasteiger partial charge in [-0.25, -0.2) is 4.98 Å². The summed E-state index contributed by atoms with van der Waals surface area (Å²) >= 11 is 0. The molecule has 0 radical (unpaired) electrons. The molecule has 20 heavy (non-hydrogen) atoms. The summed E-state index contributed by atoms with van der Waals surface area (Å²) < 4.78 is 6.92. The van der Waals surface area contributed by atoms with E-state index in [0.717, 1.165) is 17.9 Å². The van der Waals surface area contributed by atoms with Crippen LogP contribution in [0.25, 0.3) is 11.4 Å². The largest absolute Gasteiger partial charge is 0.390 e. The minimum absolute atomic E-state index is 0.455. The number of benzene rings is 1. The summed E-state index contributed by atoms with van der Waals surface area (Å²) in [5.74, 6) is 0.876. The molecule has 2 aromatic rings. The molecular weight excluding hydrogens is 254 g/mol. The fourth-order valence-corrected chi connectivity index (χ4v) is 2.04. The Morgan fingerprint density at radius 1 is 1.35 bits per heavy atom. The Morgan fingerprint density at radius 3 is 2.90 bits per heavy atom. The van der Waals surface area contributed by atoms with Gasteiger partial charge < -0.3 is 19.7 Å². The molecule has 0 aliphatic rings. The summed E-state index contributed by atoms with van der Waals surface area (Å²) in [6, 6.07) is 9.98. The zero-order chi connectivity index (χ0) is 14.2. The van der Waals surface area contributed by atoms with Gasteiger partial charge in [-0.1, -0.05) is 30.3 Å². The van der Waals surface area contributed by atoms with Crippen molar-refractivity contribution in [1.82, 2.24) is 14.9 Å². The average Bonchev–Trinajstić information content (AvgIpc) is 2.92. The highest BCUT2D eigenvalue weighted by Gasteiger charge is 2.09. The second-order valence-corrected chi connectivity index (χ2v) is 4.62. The van der Waals surface area contributed by atoms with Gasteiger partial charge in [0.05, 0.1) is 19.3 Å². The molecule has 1 atom stereocenters. The zero-order valence-electron chi connectivity index (χ0n) is 11.7. The van der Waals surface area contributed by atoms with E-state index in [1.54, 1.807) is 13.3 Å². The summed E-state index contributed by atoms with van der Waals surface area (Å²) in [5.41, 5.74) is 1.05. The molecule has 1 aromatic carbocycles. The maximum atomic E-state index is 10.0. The summed E-state index contributed by atoms with van der Waals surface area (Å²) in [4.78, 5) is 4.36. The summed E-state index contributed by atoms with van der Waals surface area (Å²) in [7, 11) is 1.66. The Labute approximate surface area is 119 Å². The van der Waals surface area contributed by atoms with E-state index in [4.69, 9.17) is 4.74 Å². The third-order valence-corrected chi connectivity index (χ3v) is 3.02. The molecule has 0 fully saturated rings. The Hall–Kier alpha value is -1.69. The van der Waals surface area contributed by atoms with Gasteiger partial charge in [-0.05, 0) is 0 Å². The van der Waals surface area contributed by atoms with Crippen LogP contribution < -0.4 is 5.32 Å². The minimum atomic E-state index is -0.455. The van der Waals surface area contributed by atoms with Gasteiger partial charge in [-0.2, -0.15) is 0 Å². The van der Waals surface area contributed by atoms with Crippen molar-refractivity contribution in [1.29, 1.82) is 0 Å². The molecule has 108 valence electrons. The SMILES string of the molecule is COCCNCC(O)Cn1ccnc1-c1ccccc1. The number of hydrogen-bond acceptors (Lipinski definition) is 4. The molecule has 2 rings (SSSR count). The number of aliphatic hydroxyl groups excluding tert-OH is 1. The van der Waals surface area contributed by atoms with Crippen molar-refractivity contribution in [3.05, 3.63) is 42.7 Å². The van der Waals surface area contributed by atoms with Crippen molar-refractivity contribution >= 4 is 0 Å². The number of ether oxygens (including phenoxy) is 1. The quantitative estimate of drug-likeness (QED) is 0.710. The lowest BCUT2D eigenvalue weighted by atomic mass is 10.2. The molecule has 0 aliphatic carbocycles. The first-order valence-corrected chi connectivity index (χ1v) is 6.75. The highest BCUT2D eigenvalue weighted by atomic mass is 16.5. The maximum absolute atomic E-state index is 10.0. The van der Waals surface area contributed by atoms with E-state index >= 15 is 0 Å². The van der Waals surface area contributed by atoms with Crippen LogP contribution in [-0.2, 0) is 11.3 Å². The molecule has 0 saturated heterocycles. The van der Waals surface area contributed by atoms with Gasteiger partial charge in [-0.3, -0.25) is 0 Å². The lowest BCUT2D eigenvalue weighted by Gasteiger charge is -2.14. The lowest BCUT2D eigenvalue weighted by molar-refractivity contribution is 0.144. The zero-order valence-corrected chi connectivity index (χ0v) is 11.7. The van der Waals surface area contributed by atoms with E-state index < -0.39 is 6.10 Å². The number of nitrogens with zero attached hydrogens (tertiary/aromatic N) is 2. The first kappa shape index (κ1) is 14.7. The third kappa shape index (κ3) is 4.16. The summed E-state index contributed by atoms with van der Waals surface area (Å²) in [5, 5.41) is 13.2. The Balaban J connectivity index is 1.92. The highest BCUT2D eigenvalue weighted by Crippen LogP contribution is 2.16. The fourth-order valence-electron chi connectivity index (χ4n) is 2.04. The van der Waals surface area contributed by atoms with Crippen LogP contribution in [0.1, 0.15) is 0 Å². The number of aliphatic hydroxyl groups is 1. The van der Waals surface area contributed by atoms with Crippen LogP contribution in [0.4, 0.5) is 0 Å². The minimum Gasteiger partial charge on any atom is -0.390 e. The van der Waals surface area contributed by atoms with Crippen molar-refractivity contribution in [2.45, 2.75) is 12.6 Å². The van der Waals surface area contributed by atoms with Crippen LogP contribution in [0.5, 0.6) is 0 Å². The van der Waals surface area contributed by atoms with Crippen molar-refractivity contribution in [3.63, 3.8) is 0 Å². The fraction of sp³-hybridized carbons (Fsp3) is 0.400. The number of rotatable bonds is 8. The maximum Gasteiger partial charge on any atom is 0.139 e. The number of aromatic nitrogens is 2. The number of methoxy groups -OCH3 is 1. The van der Waals surface area contributed by atoms with Gasteiger partial charge in [-0.15, -0.1) is 0 Å².